The van der Waals surface area contributed by atoms with E-state index >= 15 is 0 Å². The number of sulfonamides is 1. The van der Waals surface area contributed by atoms with Gasteiger partial charge in [-0.15, -0.1) is 11.3 Å². The van der Waals surface area contributed by atoms with Crippen molar-refractivity contribution in [3.05, 3.63) is 41.4 Å². The maximum atomic E-state index is 12.8. The lowest BCUT2D eigenvalue weighted by molar-refractivity contribution is 0.395. The molecule has 1 aromatic carbocycles. The maximum Gasteiger partial charge on any atom is 0.263 e. The molecule has 2 heterocycles. The predicted molar refractivity (Wildman–Crippen MR) is 94.9 cm³/mol. The van der Waals surface area contributed by atoms with Crippen LogP contribution in [0.25, 0.3) is 10.6 Å². The monoisotopic (exact) mass is 380 g/mol. The number of nitrogens with zero attached hydrogens (tertiary/aromatic N) is 1. The number of thiophene rings is 1. The zero-order chi connectivity index (χ0) is 18.0. The van der Waals surface area contributed by atoms with E-state index in [-0.39, 0.29) is 4.90 Å². The van der Waals surface area contributed by atoms with Crippen molar-refractivity contribution in [1.82, 2.24) is 5.16 Å². The molecule has 1 N–H and O–H groups in total. The van der Waals surface area contributed by atoms with Gasteiger partial charge >= 0.3 is 0 Å². The van der Waals surface area contributed by atoms with Gasteiger partial charge in [-0.05, 0) is 13.0 Å². The van der Waals surface area contributed by atoms with Crippen LogP contribution in [0, 0.1) is 6.92 Å². The molecule has 0 amide bonds. The Balaban J connectivity index is 1.95. The molecule has 0 fully saturated rings. The molecule has 9 heteroatoms. The second-order valence-electron chi connectivity index (χ2n) is 5.11. The average Bonchev–Trinajstić information content (AvgIpc) is 3.23. The molecule has 0 radical (unpaired) electrons. The third-order valence-corrected chi connectivity index (χ3v) is 6.15. The molecule has 3 rings (SSSR count). The molecule has 3 aromatic rings. The molecular formula is C16H16N2O5S2. The highest BCUT2D eigenvalue weighted by atomic mass is 32.2. The zero-order valence-corrected chi connectivity index (χ0v) is 15.4. The summed E-state index contributed by atoms with van der Waals surface area (Å²) in [6.45, 7) is 1.74. The van der Waals surface area contributed by atoms with Gasteiger partial charge in [0.1, 0.15) is 16.4 Å². The number of anilines is 1. The van der Waals surface area contributed by atoms with Crippen LogP contribution >= 0.6 is 11.3 Å². The Hall–Kier alpha value is -2.52. The smallest absolute Gasteiger partial charge is 0.263 e. The molecule has 0 unspecified atom stereocenters. The van der Waals surface area contributed by atoms with Crippen LogP contribution in [0.3, 0.4) is 0 Å². The van der Waals surface area contributed by atoms with Gasteiger partial charge in [-0.3, -0.25) is 4.72 Å². The van der Waals surface area contributed by atoms with Crippen LogP contribution in [0.1, 0.15) is 4.88 Å². The number of methoxy groups -OCH3 is 2. The molecule has 2 aromatic heterocycles. The largest absolute Gasteiger partial charge is 0.497 e. The molecule has 0 bridgehead atoms. The van der Waals surface area contributed by atoms with Crippen molar-refractivity contribution in [1.29, 1.82) is 0 Å². The Morgan fingerprint density at radius 2 is 1.80 bits per heavy atom. The molecule has 7 nitrogen and oxygen atoms in total. The third kappa shape index (κ3) is 3.62. The van der Waals surface area contributed by atoms with Crippen LogP contribution in [-0.2, 0) is 10.0 Å². The molecule has 25 heavy (non-hydrogen) atoms. The number of hydrogen-bond acceptors (Lipinski definition) is 7. The summed E-state index contributed by atoms with van der Waals surface area (Å²) in [6.07, 6.45) is 1.51. The summed E-state index contributed by atoms with van der Waals surface area (Å²) in [5, 5.41) is 3.64. The molecule has 0 saturated heterocycles. The van der Waals surface area contributed by atoms with Crippen LogP contribution in [0.2, 0.25) is 0 Å². The van der Waals surface area contributed by atoms with E-state index in [1.807, 2.05) is 0 Å². The molecule has 0 spiro atoms. The van der Waals surface area contributed by atoms with Crippen molar-refractivity contribution in [2.45, 2.75) is 11.8 Å². The number of benzene rings is 1. The zero-order valence-electron chi connectivity index (χ0n) is 13.8. The standard InChI is InChI=1S/C16H16N2O5S2/c1-10-16(9-15(24-10)14-4-5-17-23-14)25(19,20)18-11-6-12(21-2)8-13(7-11)22-3/h4-9,18H,1-3H3. The molecule has 132 valence electrons. The van der Waals surface area contributed by atoms with Crippen molar-refractivity contribution in [3.63, 3.8) is 0 Å². The van der Waals surface area contributed by atoms with E-state index in [9.17, 15) is 8.42 Å². The van der Waals surface area contributed by atoms with E-state index in [0.717, 1.165) is 0 Å². The van der Waals surface area contributed by atoms with Crippen LogP contribution in [-0.4, -0.2) is 27.8 Å². The lowest BCUT2D eigenvalue weighted by Crippen LogP contribution is -2.13. The Morgan fingerprint density at radius 3 is 2.36 bits per heavy atom. The summed E-state index contributed by atoms with van der Waals surface area (Å²) >= 11 is 1.32. The summed E-state index contributed by atoms with van der Waals surface area (Å²) in [5.74, 6) is 1.50. The predicted octanol–water partition coefficient (Wildman–Crippen LogP) is 3.53. The first kappa shape index (κ1) is 17.3. The molecule has 0 aliphatic rings. The minimum atomic E-state index is -3.78. The Labute approximate surface area is 149 Å². The average molecular weight is 380 g/mol. The van der Waals surface area contributed by atoms with Crippen molar-refractivity contribution in [3.8, 4) is 22.1 Å². The fourth-order valence-electron chi connectivity index (χ4n) is 2.27. The molecule has 0 aliphatic carbocycles. The third-order valence-electron chi connectivity index (χ3n) is 3.45. The SMILES string of the molecule is COc1cc(NS(=O)(=O)c2cc(-c3ccno3)sc2C)cc(OC)c1. The van der Waals surface area contributed by atoms with Gasteiger partial charge < -0.3 is 14.0 Å². The highest BCUT2D eigenvalue weighted by molar-refractivity contribution is 7.93. The summed E-state index contributed by atoms with van der Waals surface area (Å²) in [4.78, 5) is 1.53. The van der Waals surface area contributed by atoms with E-state index < -0.39 is 10.0 Å². The Bertz CT molecular complexity index is 956. The lowest BCUT2D eigenvalue weighted by atomic mass is 10.3. The maximum absolute atomic E-state index is 12.8. The highest BCUT2D eigenvalue weighted by Crippen LogP contribution is 2.35. The Morgan fingerprint density at radius 1 is 1.12 bits per heavy atom. The van der Waals surface area contributed by atoms with Gasteiger partial charge in [0.05, 0.1) is 31.0 Å². The first-order chi connectivity index (χ1) is 11.9. The Kier molecular flexibility index (Phi) is 4.69. The van der Waals surface area contributed by atoms with Gasteiger partial charge in [-0.25, -0.2) is 8.42 Å². The molecular weight excluding hydrogens is 364 g/mol. The molecule has 0 saturated carbocycles. The van der Waals surface area contributed by atoms with Gasteiger partial charge in [0.15, 0.2) is 5.76 Å². The van der Waals surface area contributed by atoms with Gasteiger partial charge in [-0.2, -0.15) is 0 Å². The van der Waals surface area contributed by atoms with Crippen molar-refractivity contribution in [2.75, 3.05) is 18.9 Å². The number of aromatic nitrogens is 1. The van der Waals surface area contributed by atoms with Crippen LogP contribution in [0.4, 0.5) is 5.69 Å². The van der Waals surface area contributed by atoms with E-state index in [1.54, 1.807) is 37.3 Å². The van der Waals surface area contributed by atoms with Crippen LogP contribution < -0.4 is 14.2 Å². The lowest BCUT2D eigenvalue weighted by Gasteiger charge is -2.11. The minimum absolute atomic E-state index is 0.186. The number of nitrogens with one attached hydrogen (secondary N) is 1. The molecule has 0 aliphatic heterocycles. The summed E-state index contributed by atoms with van der Waals surface area (Å²) < 4.78 is 43.5. The van der Waals surface area contributed by atoms with E-state index in [0.29, 0.717) is 32.7 Å². The second-order valence-corrected chi connectivity index (χ2v) is 8.02. The van der Waals surface area contributed by atoms with Gasteiger partial charge in [0.25, 0.3) is 10.0 Å². The van der Waals surface area contributed by atoms with E-state index in [1.165, 1.54) is 31.8 Å². The van der Waals surface area contributed by atoms with Gasteiger partial charge in [0.2, 0.25) is 0 Å². The normalized spacial score (nSPS) is 11.3. The fourth-order valence-corrected chi connectivity index (χ4v) is 4.86. The van der Waals surface area contributed by atoms with Gasteiger partial charge in [-0.1, -0.05) is 5.16 Å². The van der Waals surface area contributed by atoms with Crippen LogP contribution in [0.15, 0.2) is 45.9 Å². The summed E-state index contributed by atoms with van der Waals surface area (Å²) in [5.41, 5.74) is 0.350. The first-order valence-electron chi connectivity index (χ1n) is 7.20. The van der Waals surface area contributed by atoms with Crippen LogP contribution in [0.5, 0.6) is 11.5 Å². The first-order valence-corrected chi connectivity index (χ1v) is 9.50. The number of rotatable bonds is 6. The number of hydrogen-bond donors (Lipinski definition) is 1. The van der Waals surface area contributed by atoms with Crippen molar-refractivity contribution in [2.24, 2.45) is 0 Å². The summed E-state index contributed by atoms with van der Waals surface area (Å²) in [6, 6.07) is 8.08. The topological polar surface area (TPSA) is 90.7 Å². The van der Waals surface area contributed by atoms with Gasteiger partial charge in [0, 0.05) is 29.1 Å². The fraction of sp³-hybridized carbons (Fsp3) is 0.188. The molecule has 0 atom stereocenters. The quantitative estimate of drug-likeness (QED) is 0.703. The van der Waals surface area contributed by atoms with Crippen molar-refractivity contribution < 1.29 is 22.4 Å². The number of aryl methyl sites for hydroxylation is 1. The highest BCUT2D eigenvalue weighted by Gasteiger charge is 2.22. The number of ether oxygens (including phenoxy) is 2. The van der Waals surface area contributed by atoms with E-state index in [4.69, 9.17) is 14.0 Å². The minimum Gasteiger partial charge on any atom is -0.497 e. The van der Waals surface area contributed by atoms with Crippen molar-refractivity contribution >= 4 is 27.0 Å². The second kappa shape index (κ2) is 6.77. The van der Waals surface area contributed by atoms with E-state index in [2.05, 4.69) is 9.88 Å². The summed E-state index contributed by atoms with van der Waals surface area (Å²) in [7, 11) is -0.777.